The normalized spacial score (nSPS) is 17.1. The van der Waals surface area contributed by atoms with Crippen molar-refractivity contribution in [1.82, 2.24) is 15.2 Å². The molecule has 124 valence electrons. The Labute approximate surface area is 143 Å². The number of rotatable bonds is 4. The fourth-order valence-corrected chi connectivity index (χ4v) is 3.07. The van der Waals surface area contributed by atoms with Crippen molar-refractivity contribution in [2.75, 3.05) is 6.54 Å². The van der Waals surface area contributed by atoms with Crippen molar-refractivity contribution in [1.29, 1.82) is 0 Å². The first-order chi connectivity index (χ1) is 12.1. The highest BCUT2D eigenvalue weighted by Crippen LogP contribution is 2.23. The largest absolute Gasteiger partial charge is 0.360 e. The third-order valence-corrected chi connectivity index (χ3v) is 4.35. The van der Waals surface area contributed by atoms with Gasteiger partial charge in [0.2, 0.25) is 0 Å². The van der Waals surface area contributed by atoms with Crippen LogP contribution in [0.4, 0.5) is 4.79 Å². The lowest BCUT2D eigenvalue weighted by Gasteiger charge is -2.12. The SMILES string of the molecule is O=C(CN1C(=O)NC(c2ccccc2)C1=O)c1c[nH]c2ccccc12. The van der Waals surface area contributed by atoms with E-state index in [1.165, 1.54) is 0 Å². The minimum absolute atomic E-state index is 0.282. The van der Waals surface area contributed by atoms with Crippen molar-refractivity contribution < 1.29 is 14.4 Å². The van der Waals surface area contributed by atoms with Gasteiger partial charge in [-0.25, -0.2) is 4.79 Å². The van der Waals surface area contributed by atoms with Gasteiger partial charge in [-0.2, -0.15) is 0 Å². The van der Waals surface area contributed by atoms with Crippen LogP contribution in [0.2, 0.25) is 0 Å². The number of benzene rings is 2. The molecule has 1 aliphatic heterocycles. The summed E-state index contributed by atoms with van der Waals surface area (Å²) >= 11 is 0. The van der Waals surface area contributed by atoms with Crippen molar-refractivity contribution in [3.8, 4) is 0 Å². The molecule has 2 N–H and O–H groups in total. The van der Waals surface area contributed by atoms with E-state index < -0.39 is 18.0 Å². The predicted molar refractivity (Wildman–Crippen MR) is 92.1 cm³/mol. The number of Topliss-reactive ketones (excluding diaryl/α,β-unsaturated/α-hetero) is 1. The van der Waals surface area contributed by atoms with Crippen molar-refractivity contribution in [3.05, 3.63) is 71.9 Å². The number of nitrogens with one attached hydrogen (secondary N) is 2. The molecule has 2 aromatic carbocycles. The summed E-state index contributed by atoms with van der Waals surface area (Å²) < 4.78 is 0. The number of ketones is 1. The number of hydrogen-bond donors (Lipinski definition) is 2. The number of carbonyl (C=O) groups is 3. The Balaban J connectivity index is 1.57. The van der Waals surface area contributed by atoms with Gasteiger partial charge < -0.3 is 10.3 Å². The van der Waals surface area contributed by atoms with Crippen molar-refractivity contribution in [2.45, 2.75) is 6.04 Å². The van der Waals surface area contributed by atoms with E-state index in [9.17, 15) is 14.4 Å². The maximum absolute atomic E-state index is 12.6. The van der Waals surface area contributed by atoms with E-state index in [2.05, 4.69) is 10.3 Å². The van der Waals surface area contributed by atoms with Gasteiger partial charge in [-0.1, -0.05) is 48.5 Å². The number of fused-ring (bicyclic) bond motifs is 1. The zero-order valence-corrected chi connectivity index (χ0v) is 13.2. The number of H-pyrrole nitrogens is 1. The zero-order valence-electron chi connectivity index (χ0n) is 13.2. The molecule has 0 aliphatic carbocycles. The average Bonchev–Trinajstić information content (AvgIpc) is 3.19. The summed E-state index contributed by atoms with van der Waals surface area (Å²) in [5.74, 6) is -0.695. The number of amides is 3. The number of urea groups is 1. The van der Waals surface area contributed by atoms with Gasteiger partial charge in [-0.05, 0) is 11.6 Å². The molecule has 4 rings (SSSR count). The molecule has 3 amide bonds. The molecule has 0 saturated carbocycles. The van der Waals surface area contributed by atoms with E-state index in [1.54, 1.807) is 30.5 Å². The number of imide groups is 1. The first-order valence-corrected chi connectivity index (χ1v) is 7.91. The van der Waals surface area contributed by atoms with E-state index in [0.717, 1.165) is 15.8 Å². The van der Waals surface area contributed by atoms with Crippen LogP contribution in [0.1, 0.15) is 22.0 Å². The Morgan fingerprint density at radius 2 is 1.72 bits per heavy atom. The van der Waals surface area contributed by atoms with E-state index >= 15 is 0 Å². The topological polar surface area (TPSA) is 82.3 Å². The third-order valence-electron chi connectivity index (χ3n) is 4.35. The second kappa shape index (κ2) is 5.90. The summed E-state index contributed by atoms with van der Waals surface area (Å²) in [6, 6.07) is 15.1. The van der Waals surface area contributed by atoms with Crippen LogP contribution in [-0.2, 0) is 4.79 Å². The van der Waals surface area contributed by atoms with Gasteiger partial charge in [-0.15, -0.1) is 0 Å². The van der Waals surface area contributed by atoms with Crippen LogP contribution in [0, 0.1) is 0 Å². The second-order valence-electron chi connectivity index (χ2n) is 5.89. The molecule has 0 bridgehead atoms. The molecule has 0 spiro atoms. The highest BCUT2D eigenvalue weighted by Gasteiger charge is 2.39. The molecule has 25 heavy (non-hydrogen) atoms. The van der Waals surface area contributed by atoms with Crippen LogP contribution < -0.4 is 5.32 Å². The number of carbonyl (C=O) groups excluding carboxylic acids is 3. The Morgan fingerprint density at radius 1 is 1.00 bits per heavy atom. The second-order valence-corrected chi connectivity index (χ2v) is 5.89. The molecule has 6 nitrogen and oxygen atoms in total. The van der Waals surface area contributed by atoms with Gasteiger partial charge in [-0.3, -0.25) is 14.5 Å². The van der Waals surface area contributed by atoms with Crippen LogP contribution in [-0.4, -0.2) is 34.2 Å². The van der Waals surface area contributed by atoms with Gasteiger partial charge >= 0.3 is 6.03 Å². The summed E-state index contributed by atoms with van der Waals surface area (Å²) in [6.07, 6.45) is 1.61. The molecule has 0 radical (unpaired) electrons. The Bertz CT molecular complexity index is 978. The number of nitrogens with zero attached hydrogens (tertiary/aromatic N) is 1. The first-order valence-electron chi connectivity index (χ1n) is 7.91. The highest BCUT2D eigenvalue weighted by atomic mass is 16.2. The maximum Gasteiger partial charge on any atom is 0.325 e. The smallest absolute Gasteiger partial charge is 0.325 e. The van der Waals surface area contributed by atoms with Crippen LogP contribution in [0.3, 0.4) is 0 Å². The number of para-hydroxylation sites is 1. The summed E-state index contributed by atoms with van der Waals surface area (Å²) in [6.45, 7) is -0.282. The fraction of sp³-hybridized carbons (Fsp3) is 0.105. The van der Waals surface area contributed by atoms with Gasteiger partial charge in [0.15, 0.2) is 5.78 Å². The molecule has 1 aliphatic rings. The average molecular weight is 333 g/mol. The molecular weight excluding hydrogens is 318 g/mol. The molecule has 1 fully saturated rings. The molecule has 1 saturated heterocycles. The Morgan fingerprint density at radius 3 is 2.52 bits per heavy atom. The van der Waals surface area contributed by atoms with Crippen LogP contribution in [0.5, 0.6) is 0 Å². The summed E-state index contributed by atoms with van der Waals surface area (Å²) in [5, 5.41) is 3.41. The highest BCUT2D eigenvalue weighted by molar-refractivity contribution is 6.13. The standard InChI is InChI=1S/C19H15N3O3/c23-16(14-10-20-15-9-5-4-8-13(14)15)11-22-18(24)17(21-19(22)25)12-6-2-1-3-7-12/h1-10,17,20H,11H2,(H,21,25). The molecule has 2 heterocycles. The molecule has 1 unspecified atom stereocenters. The summed E-state index contributed by atoms with van der Waals surface area (Å²) in [7, 11) is 0. The quantitative estimate of drug-likeness (QED) is 0.569. The lowest BCUT2D eigenvalue weighted by molar-refractivity contribution is -0.127. The lowest BCUT2D eigenvalue weighted by atomic mass is 10.1. The zero-order chi connectivity index (χ0) is 17.4. The fourth-order valence-electron chi connectivity index (χ4n) is 3.07. The van der Waals surface area contributed by atoms with E-state index in [1.807, 2.05) is 30.3 Å². The summed E-state index contributed by atoms with van der Waals surface area (Å²) in [5.41, 5.74) is 2.01. The predicted octanol–water partition coefficient (Wildman–Crippen LogP) is 2.64. The molecule has 6 heteroatoms. The van der Waals surface area contributed by atoms with Gasteiger partial charge in [0.25, 0.3) is 5.91 Å². The van der Waals surface area contributed by atoms with Crippen molar-refractivity contribution in [3.63, 3.8) is 0 Å². The lowest BCUT2D eigenvalue weighted by Crippen LogP contribution is -2.35. The molecule has 1 atom stereocenters. The number of aromatic amines is 1. The van der Waals surface area contributed by atoms with Crippen LogP contribution in [0.25, 0.3) is 10.9 Å². The van der Waals surface area contributed by atoms with Crippen molar-refractivity contribution in [2.24, 2.45) is 0 Å². The number of hydrogen-bond acceptors (Lipinski definition) is 3. The van der Waals surface area contributed by atoms with Crippen LogP contribution in [0.15, 0.2) is 60.8 Å². The van der Waals surface area contributed by atoms with E-state index in [4.69, 9.17) is 0 Å². The molecule has 1 aromatic heterocycles. The minimum Gasteiger partial charge on any atom is -0.360 e. The Kier molecular flexibility index (Phi) is 3.57. The van der Waals surface area contributed by atoms with Gasteiger partial charge in [0.05, 0.1) is 6.54 Å². The van der Waals surface area contributed by atoms with Crippen molar-refractivity contribution >= 4 is 28.6 Å². The van der Waals surface area contributed by atoms with E-state index in [0.29, 0.717) is 11.1 Å². The van der Waals surface area contributed by atoms with Gasteiger partial charge in [0, 0.05) is 22.7 Å². The number of aromatic nitrogens is 1. The first kappa shape index (κ1) is 15.1. The molecule has 3 aromatic rings. The van der Waals surface area contributed by atoms with E-state index in [-0.39, 0.29) is 12.3 Å². The monoisotopic (exact) mass is 333 g/mol. The van der Waals surface area contributed by atoms with Gasteiger partial charge in [0.1, 0.15) is 6.04 Å². The molecular formula is C19H15N3O3. The minimum atomic E-state index is -0.746. The van der Waals surface area contributed by atoms with Crippen LogP contribution >= 0.6 is 0 Å². The summed E-state index contributed by atoms with van der Waals surface area (Å²) in [4.78, 5) is 41.4. The third kappa shape index (κ3) is 2.57. The maximum atomic E-state index is 12.6. The Hall–Kier alpha value is -3.41.